The van der Waals surface area contributed by atoms with Gasteiger partial charge in [0.25, 0.3) is 0 Å². The lowest BCUT2D eigenvalue weighted by atomic mass is 9.93. The van der Waals surface area contributed by atoms with Crippen molar-refractivity contribution in [1.82, 2.24) is 21.3 Å². The predicted octanol–water partition coefficient (Wildman–Crippen LogP) is 15.6. The van der Waals surface area contributed by atoms with Crippen molar-refractivity contribution in [3.8, 4) is 5.75 Å². The van der Waals surface area contributed by atoms with Gasteiger partial charge in [0.2, 0.25) is 11.8 Å². The van der Waals surface area contributed by atoms with Crippen molar-refractivity contribution in [2.24, 2.45) is 65.1 Å². The Labute approximate surface area is 675 Å². The van der Waals surface area contributed by atoms with E-state index >= 15 is 0 Å². The molecule has 1 aromatic carbocycles. The van der Waals surface area contributed by atoms with Crippen LogP contribution in [0.2, 0.25) is 0 Å². The van der Waals surface area contributed by atoms with Gasteiger partial charge in [-0.3, -0.25) is 81.5 Å². The van der Waals surface area contributed by atoms with Gasteiger partial charge in [0.1, 0.15) is 75.1 Å². The van der Waals surface area contributed by atoms with Crippen molar-refractivity contribution in [2.75, 3.05) is 13.1 Å². The molecule has 0 aliphatic heterocycles. The van der Waals surface area contributed by atoms with Gasteiger partial charge < -0.3 is 26.4 Å². The van der Waals surface area contributed by atoms with E-state index in [0.29, 0.717) is 115 Å². The predicted molar refractivity (Wildman–Crippen MR) is 446 cm³/mol. The molecule has 22 nitrogen and oxygen atoms in total. The molecule has 22 heteroatoms. The minimum atomic E-state index is -0.685. The van der Waals surface area contributed by atoms with Crippen molar-refractivity contribution < 1.29 is 86.6 Å². The van der Waals surface area contributed by atoms with Crippen LogP contribution in [-0.4, -0.2) is 141 Å². The zero-order chi connectivity index (χ0) is 87.7. The van der Waals surface area contributed by atoms with E-state index in [9.17, 15) is 86.6 Å². The summed E-state index contributed by atoms with van der Waals surface area (Å²) in [6, 6.07) is 6.54. The van der Waals surface area contributed by atoms with Gasteiger partial charge in [-0.25, -0.2) is 0 Å². The summed E-state index contributed by atoms with van der Waals surface area (Å²) in [5.41, 5.74) is 0.986. The van der Waals surface area contributed by atoms with Gasteiger partial charge in [-0.15, -0.1) is 0 Å². The van der Waals surface area contributed by atoms with Crippen LogP contribution < -0.4 is 21.3 Å². The van der Waals surface area contributed by atoms with Crippen LogP contribution in [0.25, 0.3) is 0 Å². The number of carbonyl (C=O) groups is 17. The summed E-state index contributed by atoms with van der Waals surface area (Å²) in [6.45, 7) is 49.3. The van der Waals surface area contributed by atoms with Crippen molar-refractivity contribution >= 4 is 98.6 Å². The summed E-state index contributed by atoms with van der Waals surface area (Å²) in [4.78, 5) is 196. The standard InChI is InChI=1S/C18H27NO3.C17H29NO4.C15H26O3.C14H25NO3.C13H25NO2.C13H22O3/c1-12(2)17(21)9-10-18(22)16(19-13(3)4)11-14-5-7-15(20)8-6-14;1-12(2)15(20)10-9-14(19)7-5-6-8-17(22)18-11-16(21)13(3)4;1-11(2)14(17)8-6-5-7-13(16)9-10-15(18)12(3)4;1-8(2)12(16)7-11(13(17)9(3)4)15-14(18)10(5)6;1-10(2)13(16)8-7-12(15)6-5-9-14-11(3)4;1-9(2)12(15)7-5-11(14)6-8-13(16)10(3)4/h5-8,12-13,16,19-20H,9-11H2,1-4H3;12-13H,5-11H2,1-4H3,(H,18,22);11-12H,5-10H2,1-4H3;8-11H,7H2,1-6H3,(H,15,18);10-11,14H,5-9H2,1-4H3;9-10H,5-8H2,1-4H3/t16-;;;;;/m0...../s1. The van der Waals surface area contributed by atoms with Gasteiger partial charge in [-0.2, -0.15) is 0 Å². The molecule has 0 radical (unpaired) electrons. The second-order valence-electron chi connectivity index (χ2n) is 33.3. The van der Waals surface area contributed by atoms with Gasteiger partial charge in [0.05, 0.1) is 18.6 Å². The molecule has 112 heavy (non-hydrogen) atoms. The van der Waals surface area contributed by atoms with E-state index in [2.05, 4.69) is 35.1 Å². The number of amides is 2. The Kier molecular flexibility index (Phi) is 67.1. The maximum absolute atomic E-state index is 12.4. The monoisotopic (exact) mass is 1580 g/mol. The van der Waals surface area contributed by atoms with Gasteiger partial charge in [0.15, 0.2) is 17.3 Å². The first-order valence-electron chi connectivity index (χ1n) is 41.5. The Morgan fingerprint density at radius 1 is 0.295 bits per heavy atom. The minimum absolute atomic E-state index is 0.00180. The summed E-state index contributed by atoms with van der Waals surface area (Å²) in [5, 5.41) is 21.1. The molecule has 1 rings (SSSR count). The summed E-state index contributed by atoms with van der Waals surface area (Å²) < 4.78 is 0. The van der Waals surface area contributed by atoms with E-state index in [1.165, 1.54) is 0 Å². The molecule has 1 aromatic rings. The van der Waals surface area contributed by atoms with E-state index in [0.717, 1.165) is 31.4 Å². The Balaban J connectivity index is -0.000000411. The number of Topliss-reactive ketones (excluding diaryl/α,β-unsaturated/α-hetero) is 15. The van der Waals surface area contributed by atoms with Crippen LogP contribution >= 0.6 is 0 Å². The normalized spacial score (nSPS) is 11.6. The number of carbonyl (C=O) groups excluding carboxylic acids is 17. The van der Waals surface area contributed by atoms with Crippen molar-refractivity contribution in [3.63, 3.8) is 0 Å². The molecule has 2 atom stereocenters. The van der Waals surface area contributed by atoms with E-state index in [1.54, 1.807) is 67.5 Å². The first kappa shape index (κ1) is 113. The quantitative estimate of drug-likeness (QED) is 0.0378. The van der Waals surface area contributed by atoms with Crippen LogP contribution in [0.5, 0.6) is 5.75 Å². The Hall–Kier alpha value is -7.07. The summed E-state index contributed by atoms with van der Waals surface area (Å²) in [6.07, 6.45) is 10.6. The summed E-state index contributed by atoms with van der Waals surface area (Å²) in [5.74, 6) is 0.869. The highest BCUT2D eigenvalue weighted by molar-refractivity contribution is 5.96. The molecule has 2 amide bonds. The first-order chi connectivity index (χ1) is 51.8. The van der Waals surface area contributed by atoms with E-state index in [-0.39, 0.29) is 214 Å². The average Bonchev–Trinajstić information content (AvgIpc) is 0.884. The second-order valence-corrected chi connectivity index (χ2v) is 33.3. The number of hydrogen-bond donors (Lipinski definition) is 5. The topological polar surface area (TPSA) is 359 Å². The summed E-state index contributed by atoms with van der Waals surface area (Å²) in [7, 11) is 0. The van der Waals surface area contributed by atoms with Crippen LogP contribution in [0.15, 0.2) is 24.3 Å². The number of rotatable bonds is 55. The van der Waals surface area contributed by atoms with Crippen LogP contribution in [0.4, 0.5) is 0 Å². The average molecular weight is 1580 g/mol. The largest absolute Gasteiger partial charge is 0.508 e. The second kappa shape index (κ2) is 66.2. The Morgan fingerprint density at radius 3 is 0.920 bits per heavy atom. The van der Waals surface area contributed by atoms with E-state index in [4.69, 9.17) is 0 Å². The summed E-state index contributed by atoms with van der Waals surface area (Å²) >= 11 is 0. The number of unbranched alkanes of at least 4 members (excludes halogenated alkanes) is 2. The molecule has 0 saturated carbocycles. The Morgan fingerprint density at radius 2 is 0.598 bits per heavy atom. The first-order valence-corrected chi connectivity index (χ1v) is 41.5. The van der Waals surface area contributed by atoms with Crippen LogP contribution in [-0.2, 0) is 87.9 Å². The smallest absolute Gasteiger partial charge is 0.223 e. The number of nitrogens with one attached hydrogen (secondary N) is 4. The number of hydrogen-bond acceptors (Lipinski definition) is 20. The number of aromatic hydroxyl groups is 1. The van der Waals surface area contributed by atoms with Crippen molar-refractivity contribution in [3.05, 3.63) is 29.8 Å². The molecule has 0 spiro atoms. The maximum atomic E-state index is 12.4. The fourth-order valence-corrected chi connectivity index (χ4v) is 9.57. The SMILES string of the molecule is CC(C)C(=O)CC(NC(=O)C(C)C)C(=O)C(C)C.CC(C)C(=O)CCC(=O)CCC(=O)C(C)C.CC(C)C(=O)CCC(=O)CCCCC(=O)NCC(=O)C(C)C.CC(C)C(=O)CCCCC(=O)CCC(=O)C(C)C.CC(C)NCCCC(=O)CCC(=O)C(C)C.CC(C)N[C@@H](Cc1ccc(O)cc1)C(=O)CCC(=O)C(C)C. The Bertz CT molecular complexity index is 2920. The highest BCUT2D eigenvalue weighted by Crippen LogP contribution is 2.17. The molecule has 0 fully saturated rings. The van der Waals surface area contributed by atoms with Crippen LogP contribution in [0.1, 0.15) is 333 Å². The molecule has 0 saturated heterocycles. The molecule has 0 heterocycles. The molecule has 5 N–H and O–H groups in total. The molecule has 1 unspecified atom stereocenters. The van der Waals surface area contributed by atoms with Crippen molar-refractivity contribution in [2.45, 2.75) is 358 Å². The third-order valence-corrected chi connectivity index (χ3v) is 18.0. The molecule has 0 aliphatic rings. The maximum Gasteiger partial charge on any atom is 0.223 e. The van der Waals surface area contributed by atoms with Crippen LogP contribution in [0.3, 0.4) is 0 Å². The van der Waals surface area contributed by atoms with Crippen LogP contribution in [0, 0.1) is 65.1 Å². The van der Waals surface area contributed by atoms with Gasteiger partial charge in [-0.1, -0.05) is 192 Å². The molecular weight excluding hydrogens is 1420 g/mol. The van der Waals surface area contributed by atoms with E-state index < -0.39 is 6.04 Å². The van der Waals surface area contributed by atoms with E-state index in [1.807, 2.05) is 123 Å². The molecule has 0 bridgehead atoms. The number of phenolic OH excluding ortho intramolecular Hbond substituents is 1. The lowest BCUT2D eigenvalue weighted by molar-refractivity contribution is -0.133. The highest BCUT2D eigenvalue weighted by atomic mass is 16.3. The highest BCUT2D eigenvalue weighted by Gasteiger charge is 2.28. The van der Waals surface area contributed by atoms with Gasteiger partial charge in [-0.05, 0) is 62.8 Å². The number of phenols is 1. The fraction of sp³-hybridized carbons (Fsp3) is 0.744. The number of benzene rings is 1. The minimum Gasteiger partial charge on any atom is -0.508 e. The lowest BCUT2D eigenvalue weighted by Gasteiger charge is -2.21. The lowest BCUT2D eigenvalue weighted by Crippen LogP contribution is -2.45. The van der Waals surface area contributed by atoms with Gasteiger partial charge >= 0.3 is 0 Å². The fourth-order valence-electron chi connectivity index (χ4n) is 9.57. The molecule has 642 valence electrons. The van der Waals surface area contributed by atoms with Crippen molar-refractivity contribution in [1.29, 1.82) is 0 Å². The molecule has 0 aromatic heterocycles. The third-order valence-electron chi connectivity index (χ3n) is 18.0. The third kappa shape index (κ3) is 66.4. The van der Waals surface area contributed by atoms with Gasteiger partial charge in [0, 0.05) is 193 Å². The number of ketones is 15. The zero-order valence-electron chi connectivity index (χ0n) is 74.2. The molecule has 0 aliphatic carbocycles. The molecular formula is C90H154N4O18. The zero-order valence-corrected chi connectivity index (χ0v) is 74.2.